The molecule has 18 heavy (non-hydrogen) atoms. The first-order valence-corrected chi connectivity index (χ1v) is 6.40. The van der Waals surface area contributed by atoms with Crippen molar-refractivity contribution in [2.24, 2.45) is 5.92 Å². The molecule has 0 bridgehead atoms. The van der Waals surface area contributed by atoms with Crippen LogP contribution < -0.4 is 5.32 Å². The van der Waals surface area contributed by atoms with E-state index in [0.29, 0.717) is 12.5 Å². The van der Waals surface area contributed by atoms with Crippen LogP contribution in [0.2, 0.25) is 0 Å². The summed E-state index contributed by atoms with van der Waals surface area (Å²) in [6.07, 6.45) is 5.84. The third-order valence-corrected chi connectivity index (χ3v) is 3.47. The van der Waals surface area contributed by atoms with Crippen molar-refractivity contribution < 1.29 is 13.6 Å². The van der Waals surface area contributed by atoms with E-state index in [1.54, 1.807) is 0 Å². The van der Waals surface area contributed by atoms with Crippen LogP contribution in [0.1, 0.15) is 42.5 Å². The molecule has 1 aromatic carbocycles. The number of halogens is 2. The minimum atomic E-state index is -1.07. The van der Waals surface area contributed by atoms with Crippen molar-refractivity contribution >= 4 is 5.91 Å². The summed E-state index contributed by atoms with van der Waals surface area (Å²) < 4.78 is 26.4. The maximum Gasteiger partial charge on any atom is 0.254 e. The van der Waals surface area contributed by atoms with E-state index < -0.39 is 17.5 Å². The number of hydrogen-bond acceptors (Lipinski definition) is 1. The van der Waals surface area contributed by atoms with Gasteiger partial charge >= 0.3 is 0 Å². The highest BCUT2D eigenvalue weighted by molar-refractivity contribution is 5.94. The summed E-state index contributed by atoms with van der Waals surface area (Å²) in [7, 11) is 0. The Kier molecular flexibility index (Phi) is 4.28. The maximum absolute atomic E-state index is 13.4. The normalized spacial score (nSPS) is 16.6. The van der Waals surface area contributed by atoms with Crippen LogP contribution in [0.4, 0.5) is 8.78 Å². The lowest BCUT2D eigenvalue weighted by atomic mass is 9.89. The first-order valence-electron chi connectivity index (χ1n) is 6.40. The smallest absolute Gasteiger partial charge is 0.254 e. The van der Waals surface area contributed by atoms with Crippen LogP contribution in [0.5, 0.6) is 0 Å². The molecule has 0 heterocycles. The summed E-state index contributed by atoms with van der Waals surface area (Å²) >= 11 is 0. The van der Waals surface area contributed by atoms with Crippen molar-refractivity contribution in [1.29, 1.82) is 0 Å². The number of carbonyl (C=O) groups excluding carboxylic acids is 1. The molecule has 1 saturated carbocycles. The van der Waals surface area contributed by atoms with Crippen LogP contribution in [0.3, 0.4) is 0 Å². The van der Waals surface area contributed by atoms with Gasteiger partial charge in [0.25, 0.3) is 5.91 Å². The largest absolute Gasteiger partial charge is 0.352 e. The maximum atomic E-state index is 13.4. The minimum absolute atomic E-state index is 0.217. The second kappa shape index (κ2) is 5.94. The fourth-order valence-corrected chi connectivity index (χ4v) is 2.40. The van der Waals surface area contributed by atoms with Gasteiger partial charge in [0.15, 0.2) is 11.6 Å². The van der Waals surface area contributed by atoms with Crippen molar-refractivity contribution in [1.82, 2.24) is 5.32 Å². The molecule has 1 aliphatic carbocycles. The lowest BCUT2D eigenvalue weighted by Crippen LogP contribution is -2.31. The van der Waals surface area contributed by atoms with Crippen molar-refractivity contribution in [3.63, 3.8) is 0 Å². The first kappa shape index (κ1) is 13.0. The molecule has 0 aromatic heterocycles. The SMILES string of the molecule is O=C(NCC1CCCCC1)c1cccc(F)c1F. The number of rotatable bonds is 3. The van der Waals surface area contributed by atoms with E-state index in [1.165, 1.54) is 31.4 Å². The fraction of sp³-hybridized carbons (Fsp3) is 0.500. The Bertz CT molecular complexity index is 428. The van der Waals surface area contributed by atoms with E-state index in [-0.39, 0.29) is 5.56 Å². The molecular weight excluding hydrogens is 236 g/mol. The molecule has 0 unspecified atom stereocenters. The second-order valence-electron chi connectivity index (χ2n) is 4.82. The van der Waals surface area contributed by atoms with Crippen molar-refractivity contribution in [3.05, 3.63) is 35.4 Å². The zero-order valence-electron chi connectivity index (χ0n) is 10.2. The van der Waals surface area contributed by atoms with Gasteiger partial charge in [-0.25, -0.2) is 8.78 Å². The highest BCUT2D eigenvalue weighted by Gasteiger charge is 2.17. The second-order valence-corrected chi connectivity index (χ2v) is 4.82. The zero-order valence-corrected chi connectivity index (χ0v) is 10.2. The van der Waals surface area contributed by atoms with Crippen molar-refractivity contribution in [2.75, 3.05) is 6.54 Å². The van der Waals surface area contributed by atoms with E-state index in [9.17, 15) is 13.6 Å². The van der Waals surface area contributed by atoms with Gasteiger partial charge in [-0.05, 0) is 30.9 Å². The Morgan fingerprint density at radius 3 is 2.67 bits per heavy atom. The Labute approximate surface area is 105 Å². The summed E-state index contributed by atoms with van der Waals surface area (Å²) in [4.78, 5) is 11.7. The summed E-state index contributed by atoms with van der Waals surface area (Å²) in [6, 6.07) is 3.65. The van der Waals surface area contributed by atoms with Crippen LogP contribution in [0, 0.1) is 17.6 Å². The molecule has 0 spiro atoms. The Hall–Kier alpha value is -1.45. The summed E-state index contributed by atoms with van der Waals surface area (Å²) in [5, 5.41) is 2.69. The molecule has 1 aromatic rings. The molecule has 2 rings (SSSR count). The molecule has 1 N–H and O–H groups in total. The summed E-state index contributed by atoms with van der Waals surface area (Å²) in [6.45, 7) is 0.550. The molecule has 4 heteroatoms. The van der Waals surface area contributed by atoms with Gasteiger partial charge in [-0.15, -0.1) is 0 Å². The number of benzene rings is 1. The average Bonchev–Trinajstić information content (AvgIpc) is 2.40. The summed E-state index contributed by atoms with van der Waals surface area (Å²) in [5.41, 5.74) is -0.217. The lowest BCUT2D eigenvalue weighted by molar-refractivity contribution is 0.0938. The molecule has 2 nitrogen and oxygen atoms in total. The molecule has 1 aliphatic rings. The molecular formula is C14H17F2NO. The highest BCUT2D eigenvalue weighted by atomic mass is 19.2. The fourth-order valence-electron chi connectivity index (χ4n) is 2.40. The first-order chi connectivity index (χ1) is 8.68. The molecule has 0 saturated heterocycles. The van der Waals surface area contributed by atoms with E-state index in [2.05, 4.69) is 5.32 Å². The van der Waals surface area contributed by atoms with Crippen molar-refractivity contribution in [3.8, 4) is 0 Å². The van der Waals surface area contributed by atoms with Gasteiger partial charge in [-0.2, -0.15) is 0 Å². The van der Waals surface area contributed by atoms with E-state index in [0.717, 1.165) is 18.9 Å². The number of carbonyl (C=O) groups is 1. The number of hydrogen-bond donors (Lipinski definition) is 1. The monoisotopic (exact) mass is 253 g/mol. The highest BCUT2D eigenvalue weighted by Crippen LogP contribution is 2.23. The molecule has 98 valence electrons. The quantitative estimate of drug-likeness (QED) is 0.880. The average molecular weight is 253 g/mol. The predicted molar refractivity (Wildman–Crippen MR) is 65.3 cm³/mol. The van der Waals surface area contributed by atoms with E-state index in [4.69, 9.17) is 0 Å². The van der Waals surface area contributed by atoms with Crippen LogP contribution in [0.25, 0.3) is 0 Å². The molecule has 0 radical (unpaired) electrons. The van der Waals surface area contributed by atoms with Gasteiger partial charge < -0.3 is 5.32 Å². The molecule has 0 aliphatic heterocycles. The minimum Gasteiger partial charge on any atom is -0.352 e. The molecule has 1 amide bonds. The number of amides is 1. The van der Waals surface area contributed by atoms with Crippen LogP contribution in [-0.4, -0.2) is 12.5 Å². The van der Waals surface area contributed by atoms with Gasteiger partial charge in [0.2, 0.25) is 0 Å². The van der Waals surface area contributed by atoms with E-state index in [1.807, 2.05) is 0 Å². The van der Waals surface area contributed by atoms with Gasteiger partial charge in [0, 0.05) is 6.54 Å². The number of nitrogens with one attached hydrogen (secondary N) is 1. The van der Waals surface area contributed by atoms with Crippen molar-refractivity contribution in [2.45, 2.75) is 32.1 Å². The van der Waals surface area contributed by atoms with Crippen LogP contribution in [-0.2, 0) is 0 Å². The predicted octanol–water partition coefficient (Wildman–Crippen LogP) is 3.27. The third-order valence-electron chi connectivity index (χ3n) is 3.47. The van der Waals surface area contributed by atoms with Gasteiger partial charge in [-0.1, -0.05) is 25.3 Å². The Morgan fingerprint density at radius 1 is 1.22 bits per heavy atom. The lowest BCUT2D eigenvalue weighted by Gasteiger charge is -2.21. The van der Waals surface area contributed by atoms with Gasteiger partial charge in [-0.3, -0.25) is 4.79 Å². The topological polar surface area (TPSA) is 29.1 Å². The molecule has 1 fully saturated rings. The van der Waals surface area contributed by atoms with Crippen LogP contribution >= 0.6 is 0 Å². The Balaban J connectivity index is 1.93. The van der Waals surface area contributed by atoms with E-state index >= 15 is 0 Å². The van der Waals surface area contributed by atoms with Crippen LogP contribution in [0.15, 0.2) is 18.2 Å². The Morgan fingerprint density at radius 2 is 1.94 bits per heavy atom. The third kappa shape index (κ3) is 3.06. The molecule has 0 atom stereocenters. The zero-order chi connectivity index (χ0) is 13.0. The van der Waals surface area contributed by atoms with Gasteiger partial charge in [0.05, 0.1) is 5.56 Å². The standard InChI is InChI=1S/C14H17F2NO/c15-12-8-4-7-11(13(12)16)14(18)17-9-10-5-2-1-3-6-10/h4,7-8,10H,1-3,5-6,9H2,(H,17,18). The van der Waals surface area contributed by atoms with Gasteiger partial charge in [0.1, 0.15) is 0 Å². The summed E-state index contributed by atoms with van der Waals surface area (Å²) in [5.74, 6) is -2.11.